The molecule has 0 fully saturated rings. The van der Waals surface area contributed by atoms with Crippen LogP contribution in [0.3, 0.4) is 0 Å². The van der Waals surface area contributed by atoms with Gasteiger partial charge < -0.3 is 16.4 Å². The Balaban J connectivity index is 2.91. The summed E-state index contributed by atoms with van der Waals surface area (Å²) in [5.41, 5.74) is 14.7. The van der Waals surface area contributed by atoms with Crippen LogP contribution in [-0.4, -0.2) is 23.9 Å². The molecule has 0 aromatic carbocycles. The Hall–Kier alpha value is -2.22. The maximum absolute atomic E-state index is 9.22. The van der Waals surface area contributed by atoms with E-state index >= 15 is 0 Å². The molecule has 0 saturated carbocycles. The molecule has 0 aromatic heterocycles. The average Bonchev–Trinajstić information content (AvgIpc) is 2.38. The van der Waals surface area contributed by atoms with E-state index in [1.165, 1.54) is 0 Å². The topological polar surface area (TPSA) is 91.4 Å². The lowest BCUT2D eigenvalue weighted by Crippen LogP contribution is -2.28. The maximum Gasteiger partial charge on any atom is 0.185 e. The molecular formula is C15H23N5. The van der Waals surface area contributed by atoms with E-state index in [1.807, 2.05) is 13.8 Å². The van der Waals surface area contributed by atoms with Gasteiger partial charge in [0.15, 0.2) is 5.96 Å². The van der Waals surface area contributed by atoms with Crippen LogP contribution in [-0.2, 0) is 0 Å². The largest absolute Gasteiger partial charge is 0.370 e. The minimum atomic E-state index is 0.112. The Morgan fingerprint density at radius 2 is 1.90 bits per heavy atom. The summed E-state index contributed by atoms with van der Waals surface area (Å²) in [6, 6.07) is 2.30. The van der Waals surface area contributed by atoms with Gasteiger partial charge in [-0.15, -0.1) is 0 Å². The van der Waals surface area contributed by atoms with E-state index in [9.17, 15) is 5.26 Å². The molecule has 1 aliphatic rings. The van der Waals surface area contributed by atoms with Crippen LogP contribution in [0.4, 0.5) is 0 Å². The Morgan fingerprint density at radius 3 is 2.35 bits per heavy atom. The minimum absolute atomic E-state index is 0.112. The second kappa shape index (κ2) is 7.39. The third kappa shape index (κ3) is 4.16. The van der Waals surface area contributed by atoms with Gasteiger partial charge in [0.1, 0.15) is 0 Å². The van der Waals surface area contributed by atoms with Gasteiger partial charge in [0.2, 0.25) is 0 Å². The van der Waals surface area contributed by atoms with Gasteiger partial charge in [-0.2, -0.15) is 5.26 Å². The highest BCUT2D eigenvalue weighted by atomic mass is 15.2. The lowest BCUT2D eigenvalue weighted by atomic mass is 10.00. The van der Waals surface area contributed by atoms with E-state index in [4.69, 9.17) is 11.5 Å². The molecule has 0 aromatic rings. The highest BCUT2D eigenvalue weighted by Gasteiger charge is 2.15. The van der Waals surface area contributed by atoms with Crippen LogP contribution in [0, 0.1) is 11.3 Å². The van der Waals surface area contributed by atoms with Crippen LogP contribution in [0.25, 0.3) is 0 Å². The van der Waals surface area contributed by atoms with Gasteiger partial charge >= 0.3 is 0 Å². The SMILES string of the molecule is CCCC(C#N)=C1C=C(C)N(CCN=C(N)N)C(C)=C1. The van der Waals surface area contributed by atoms with Crippen LogP contribution >= 0.6 is 0 Å². The normalized spacial score (nSPS) is 14.3. The molecule has 5 nitrogen and oxygen atoms in total. The van der Waals surface area contributed by atoms with Crippen molar-refractivity contribution in [3.63, 3.8) is 0 Å². The summed E-state index contributed by atoms with van der Waals surface area (Å²) < 4.78 is 0. The number of guanidine groups is 1. The lowest BCUT2D eigenvalue weighted by Gasteiger charge is -2.29. The van der Waals surface area contributed by atoms with Crippen LogP contribution in [0.15, 0.2) is 39.7 Å². The molecule has 0 atom stereocenters. The first-order valence-electron chi connectivity index (χ1n) is 6.82. The smallest absolute Gasteiger partial charge is 0.185 e. The predicted molar refractivity (Wildman–Crippen MR) is 82.4 cm³/mol. The van der Waals surface area contributed by atoms with Crippen LogP contribution < -0.4 is 11.5 Å². The zero-order valence-corrected chi connectivity index (χ0v) is 12.5. The van der Waals surface area contributed by atoms with E-state index in [1.54, 1.807) is 0 Å². The standard InChI is InChI=1S/C15H23N5/c1-4-5-13(10-16)14-8-11(2)20(12(3)9-14)7-6-19-15(17)18/h8-9H,4-7H2,1-3H3,(H4,17,18,19). The number of rotatable bonds is 5. The molecule has 108 valence electrons. The fourth-order valence-electron chi connectivity index (χ4n) is 2.25. The van der Waals surface area contributed by atoms with Gasteiger partial charge in [0.25, 0.3) is 0 Å². The first-order chi connectivity index (χ1) is 9.49. The predicted octanol–water partition coefficient (Wildman–Crippen LogP) is 2.00. The molecule has 0 saturated heterocycles. The van der Waals surface area contributed by atoms with Gasteiger partial charge in [-0.25, -0.2) is 0 Å². The number of hydrogen-bond acceptors (Lipinski definition) is 3. The van der Waals surface area contributed by atoms with E-state index in [0.29, 0.717) is 6.54 Å². The molecule has 5 heteroatoms. The van der Waals surface area contributed by atoms with Gasteiger partial charge in [-0.1, -0.05) is 13.3 Å². The fourth-order valence-corrected chi connectivity index (χ4v) is 2.25. The number of nitrogens with two attached hydrogens (primary N) is 2. The zero-order valence-electron chi connectivity index (χ0n) is 12.5. The van der Waals surface area contributed by atoms with E-state index < -0.39 is 0 Å². The number of hydrogen-bond donors (Lipinski definition) is 2. The summed E-state index contributed by atoms with van der Waals surface area (Å²) in [7, 11) is 0. The molecule has 0 radical (unpaired) electrons. The van der Waals surface area contributed by atoms with Crippen LogP contribution in [0.2, 0.25) is 0 Å². The second-order valence-corrected chi connectivity index (χ2v) is 4.83. The Kier molecular flexibility index (Phi) is 5.85. The molecule has 1 aliphatic heterocycles. The van der Waals surface area contributed by atoms with E-state index in [-0.39, 0.29) is 5.96 Å². The molecule has 0 spiro atoms. The zero-order chi connectivity index (χ0) is 15.1. The molecule has 20 heavy (non-hydrogen) atoms. The van der Waals surface area contributed by atoms with Crippen LogP contribution in [0.5, 0.6) is 0 Å². The molecule has 4 N–H and O–H groups in total. The van der Waals surface area contributed by atoms with E-state index in [2.05, 4.69) is 35.0 Å². The third-order valence-corrected chi connectivity index (χ3v) is 3.18. The summed E-state index contributed by atoms with van der Waals surface area (Å²) in [5.74, 6) is 0.112. The van der Waals surface area contributed by atoms with Crippen molar-refractivity contribution in [2.45, 2.75) is 33.6 Å². The van der Waals surface area contributed by atoms with Crippen molar-refractivity contribution in [3.05, 3.63) is 34.7 Å². The maximum atomic E-state index is 9.22. The van der Waals surface area contributed by atoms with Crippen molar-refractivity contribution in [3.8, 4) is 6.07 Å². The monoisotopic (exact) mass is 273 g/mol. The molecule has 1 heterocycles. The van der Waals surface area contributed by atoms with Crippen molar-refractivity contribution in [2.75, 3.05) is 13.1 Å². The van der Waals surface area contributed by atoms with Crippen molar-refractivity contribution in [1.82, 2.24) is 4.90 Å². The summed E-state index contributed by atoms with van der Waals surface area (Å²) >= 11 is 0. The number of nitrogens with zero attached hydrogens (tertiary/aromatic N) is 3. The lowest BCUT2D eigenvalue weighted by molar-refractivity contribution is 0.434. The summed E-state index contributed by atoms with van der Waals surface area (Å²) in [6.07, 6.45) is 5.89. The molecular weight excluding hydrogens is 250 g/mol. The highest BCUT2D eigenvalue weighted by Crippen LogP contribution is 2.25. The molecule has 0 aliphatic carbocycles. The van der Waals surface area contributed by atoms with Gasteiger partial charge in [0, 0.05) is 23.5 Å². The Labute approximate surface area is 121 Å². The first kappa shape index (κ1) is 15.8. The highest BCUT2D eigenvalue weighted by molar-refractivity contribution is 5.75. The molecule has 0 bridgehead atoms. The first-order valence-corrected chi connectivity index (χ1v) is 6.82. The van der Waals surface area contributed by atoms with E-state index in [0.717, 1.165) is 41.9 Å². The summed E-state index contributed by atoms with van der Waals surface area (Å²) in [5, 5.41) is 9.22. The van der Waals surface area contributed by atoms with Crippen molar-refractivity contribution in [1.29, 1.82) is 5.26 Å². The number of nitriles is 1. The van der Waals surface area contributed by atoms with Crippen molar-refractivity contribution in [2.24, 2.45) is 16.5 Å². The van der Waals surface area contributed by atoms with Gasteiger partial charge in [0.05, 0.1) is 12.6 Å². The Bertz CT molecular complexity index is 491. The van der Waals surface area contributed by atoms with Crippen molar-refractivity contribution >= 4 is 5.96 Å². The third-order valence-electron chi connectivity index (χ3n) is 3.18. The molecule has 0 amide bonds. The minimum Gasteiger partial charge on any atom is -0.370 e. The molecule has 0 unspecified atom stereocenters. The number of aliphatic imine (C=N–C) groups is 1. The summed E-state index contributed by atoms with van der Waals surface area (Å²) in [6.45, 7) is 7.43. The average molecular weight is 273 g/mol. The van der Waals surface area contributed by atoms with Gasteiger partial charge in [-0.05, 0) is 38.0 Å². The summed E-state index contributed by atoms with van der Waals surface area (Å²) in [4.78, 5) is 6.15. The fraction of sp³-hybridized carbons (Fsp3) is 0.467. The van der Waals surface area contributed by atoms with Crippen LogP contribution in [0.1, 0.15) is 33.6 Å². The van der Waals surface area contributed by atoms with Gasteiger partial charge in [-0.3, -0.25) is 4.99 Å². The number of allylic oxidation sites excluding steroid dienone is 6. The van der Waals surface area contributed by atoms with Crippen molar-refractivity contribution < 1.29 is 0 Å². The quantitative estimate of drug-likeness (QED) is 0.455. The molecule has 1 rings (SSSR count). The Morgan fingerprint density at radius 1 is 1.30 bits per heavy atom. The second-order valence-electron chi connectivity index (χ2n) is 4.83.